The summed E-state index contributed by atoms with van der Waals surface area (Å²) in [4.78, 5) is 34.3. The summed E-state index contributed by atoms with van der Waals surface area (Å²) in [5.41, 5.74) is 0. The highest BCUT2D eigenvalue weighted by Gasteiger charge is 2.15. The summed E-state index contributed by atoms with van der Waals surface area (Å²) in [5, 5.41) is 15.5. The zero-order valence-corrected chi connectivity index (χ0v) is 20.1. The number of amides is 1. The van der Waals surface area contributed by atoms with Gasteiger partial charge in [0.05, 0.1) is 13.2 Å². The van der Waals surface area contributed by atoms with Crippen molar-refractivity contribution in [2.24, 2.45) is 11.8 Å². The lowest BCUT2D eigenvalue weighted by Gasteiger charge is -2.25. The third kappa shape index (κ3) is 29.0. The lowest BCUT2D eigenvalue weighted by Crippen LogP contribution is -2.34. The lowest BCUT2D eigenvalue weighted by atomic mass is 10.1. The molecule has 8 nitrogen and oxygen atoms in total. The number of carbonyl (C=O) groups excluding carboxylic acids is 3. The van der Waals surface area contributed by atoms with Crippen LogP contribution in [0, 0.1) is 11.8 Å². The van der Waals surface area contributed by atoms with Crippen molar-refractivity contribution in [1.29, 1.82) is 0 Å². The molecule has 174 valence electrons. The minimum absolute atomic E-state index is 0.120. The van der Waals surface area contributed by atoms with E-state index in [0.29, 0.717) is 11.8 Å². The Hall–Kier alpha value is -1.32. The Morgan fingerprint density at radius 3 is 1.62 bits per heavy atom. The summed E-state index contributed by atoms with van der Waals surface area (Å²) >= 11 is 1.41. The Kier molecular flexibility index (Phi) is 23.9. The van der Waals surface area contributed by atoms with Crippen molar-refractivity contribution >= 4 is 28.9 Å². The van der Waals surface area contributed by atoms with E-state index in [4.69, 9.17) is 10.2 Å². The maximum absolute atomic E-state index is 11.7. The molecule has 0 radical (unpaired) electrons. The van der Waals surface area contributed by atoms with E-state index >= 15 is 0 Å². The molecule has 0 heterocycles. The number of carbonyl (C=O) groups is 3. The fraction of sp³-hybridized carbons (Fsp3) is 0.850. The third-order valence-electron chi connectivity index (χ3n) is 2.69. The van der Waals surface area contributed by atoms with E-state index in [1.165, 1.54) is 25.6 Å². The second kappa shape index (κ2) is 21.4. The highest BCUT2D eigenvalue weighted by molar-refractivity contribution is 8.13. The van der Waals surface area contributed by atoms with Crippen molar-refractivity contribution in [3.63, 3.8) is 0 Å². The molecule has 2 N–H and O–H groups in total. The molecule has 0 aromatic heterocycles. The van der Waals surface area contributed by atoms with Crippen LogP contribution in [0.4, 0.5) is 4.79 Å². The number of aliphatic hydroxyl groups excluding tert-OH is 2. The first kappa shape index (κ1) is 32.3. The second-order valence-corrected chi connectivity index (χ2v) is 8.28. The fourth-order valence-corrected chi connectivity index (χ4v) is 2.45. The van der Waals surface area contributed by atoms with Gasteiger partial charge in [-0.25, -0.2) is 0 Å². The summed E-state index contributed by atoms with van der Waals surface area (Å²) in [5.74, 6) is 1.23. The van der Waals surface area contributed by atoms with Gasteiger partial charge < -0.3 is 24.6 Å². The van der Waals surface area contributed by atoms with Gasteiger partial charge >= 0.3 is 11.9 Å². The molecule has 0 aliphatic carbocycles. The summed E-state index contributed by atoms with van der Waals surface area (Å²) in [7, 11) is 0. The number of nitrogens with zero attached hydrogens (tertiary/aromatic N) is 1. The molecule has 1 unspecified atom stereocenters. The number of hydrogen-bond donors (Lipinski definition) is 2. The maximum atomic E-state index is 11.7. The van der Waals surface area contributed by atoms with Gasteiger partial charge in [0.15, 0.2) is 0 Å². The first-order valence-corrected chi connectivity index (χ1v) is 10.8. The van der Waals surface area contributed by atoms with E-state index in [1.807, 2.05) is 11.8 Å². The predicted molar refractivity (Wildman–Crippen MR) is 117 cm³/mol. The smallest absolute Gasteiger partial charge is 0.303 e. The van der Waals surface area contributed by atoms with Gasteiger partial charge in [-0.3, -0.25) is 14.4 Å². The molecule has 0 fully saturated rings. The van der Waals surface area contributed by atoms with Gasteiger partial charge in [0.2, 0.25) is 0 Å². The number of esters is 2. The molecule has 0 aromatic carbocycles. The first-order valence-electron chi connectivity index (χ1n) is 9.84. The van der Waals surface area contributed by atoms with Crippen molar-refractivity contribution in [3.8, 4) is 0 Å². The van der Waals surface area contributed by atoms with E-state index in [1.54, 1.807) is 6.92 Å². The molecule has 1 amide bonds. The van der Waals surface area contributed by atoms with Crippen LogP contribution < -0.4 is 0 Å². The van der Waals surface area contributed by atoms with Gasteiger partial charge in [0, 0.05) is 26.9 Å². The fourth-order valence-electron chi connectivity index (χ4n) is 1.87. The molecule has 1 atom stereocenters. The topological polar surface area (TPSA) is 113 Å². The van der Waals surface area contributed by atoms with Crippen LogP contribution in [-0.4, -0.2) is 77.1 Å². The lowest BCUT2D eigenvalue weighted by molar-refractivity contribution is -0.155. The Morgan fingerprint density at radius 1 is 0.897 bits per heavy atom. The normalized spacial score (nSPS) is 10.9. The number of aliphatic hydroxyl groups is 2. The molecule has 0 saturated heterocycles. The molecule has 0 bridgehead atoms. The molecular formula is C20H41NO7S. The van der Waals surface area contributed by atoms with E-state index in [9.17, 15) is 14.4 Å². The van der Waals surface area contributed by atoms with E-state index in [2.05, 4.69) is 37.2 Å². The molecule has 0 aromatic rings. The summed E-state index contributed by atoms with van der Waals surface area (Å²) in [6, 6.07) is 0. The van der Waals surface area contributed by atoms with Gasteiger partial charge in [0.25, 0.3) is 5.24 Å². The van der Waals surface area contributed by atoms with Crippen LogP contribution >= 0.6 is 11.8 Å². The summed E-state index contributed by atoms with van der Waals surface area (Å²) < 4.78 is 9.27. The minimum atomic E-state index is -0.371. The van der Waals surface area contributed by atoms with Gasteiger partial charge in [-0.05, 0) is 24.5 Å². The molecular weight excluding hydrogens is 398 g/mol. The van der Waals surface area contributed by atoms with Crippen molar-refractivity contribution < 1.29 is 34.1 Å². The number of thioether (sulfide) groups is 1. The number of ether oxygens (including phenoxy) is 2. The average Bonchev–Trinajstić information content (AvgIpc) is 2.59. The van der Waals surface area contributed by atoms with E-state index in [-0.39, 0.29) is 43.1 Å². The SMILES string of the molecule is CC(=O)OCC(C)OC(C)=O.CCSC(=O)N(CC(C)C)CC(C)C.OCCO. The third-order valence-corrected chi connectivity index (χ3v) is 3.48. The van der Waals surface area contributed by atoms with Crippen molar-refractivity contribution in [2.45, 2.75) is 61.5 Å². The molecule has 0 rings (SSSR count). The maximum Gasteiger partial charge on any atom is 0.303 e. The van der Waals surface area contributed by atoms with E-state index in [0.717, 1.165) is 18.8 Å². The highest BCUT2D eigenvalue weighted by atomic mass is 32.2. The zero-order chi connectivity index (χ0) is 23.4. The monoisotopic (exact) mass is 439 g/mol. The Morgan fingerprint density at radius 2 is 1.34 bits per heavy atom. The Bertz CT molecular complexity index is 419. The quantitative estimate of drug-likeness (QED) is 0.527. The number of rotatable bonds is 9. The van der Waals surface area contributed by atoms with Crippen LogP contribution in [-0.2, 0) is 19.1 Å². The van der Waals surface area contributed by atoms with Crippen molar-refractivity contribution in [1.82, 2.24) is 4.90 Å². The molecule has 0 saturated carbocycles. The van der Waals surface area contributed by atoms with Gasteiger partial charge in [0.1, 0.15) is 12.7 Å². The van der Waals surface area contributed by atoms with Crippen LogP contribution in [0.5, 0.6) is 0 Å². The van der Waals surface area contributed by atoms with Crippen LogP contribution in [0.2, 0.25) is 0 Å². The van der Waals surface area contributed by atoms with Crippen LogP contribution in [0.15, 0.2) is 0 Å². The molecule has 0 aliphatic heterocycles. The zero-order valence-electron chi connectivity index (χ0n) is 19.3. The largest absolute Gasteiger partial charge is 0.462 e. The predicted octanol–water partition coefficient (Wildman–Crippen LogP) is 2.95. The second-order valence-electron chi connectivity index (χ2n) is 7.06. The van der Waals surface area contributed by atoms with Gasteiger partial charge in [-0.15, -0.1) is 0 Å². The van der Waals surface area contributed by atoms with Crippen LogP contribution in [0.3, 0.4) is 0 Å². The standard InChI is InChI=1S/C11H23NOS.C7H12O4.C2H6O2/c1-6-14-11(13)12(7-9(2)3)8-10(4)5;1-5(11-7(3)9)4-10-6(2)8;3-1-2-4/h9-10H,6-8H2,1-5H3;5H,4H2,1-3H3;3-4H,1-2H2. The molecule has 9 heteroatoms. The van der Waals surface area contributed by atoms with Crippen LogP contribution in [0.25, 0.3) is 0 Å². The Labute approximate surface area is 180 Å². The van der Waals surface area contributed by atoms with Crippen molar-refractivity contribution in [2.75, 3.05) is 38.7 Å². The summed E-state index contributed by atoms with van der Waals surface area (Å²) in [6.07, 6.45) is -0.364. The first-order chi connectivity index (χ1) is 13.4. The van der Waals surface area contributed by atoms with Gasteiger partial charge in [-0.2, -0.15) is 0 Å². The summed E-state index contributed by atoms with van der Waals surface area (Å²) in [6.45, 7) is 16.5. The van der Waals surface area contributed by atoms with Crippen molar-refractivity contribution in [3.05, 3.63) is 0 Å². The average molecular weight is 440 g/mol. The van der Waals surface area contributed by atoms with Crippen LogP contribution in [0.1, 0.15) is 55.4 Å². The molecule has 0 aliphatic rings. The van der Waals surface area contributed by atoms with Gasteiger partial charge in [-0.1, -0.05) is 46.4 Å². The highest BCUT2D eigenvalue weighted by Crippen LogP contribution is 2.12. The minimum Gasteiger partial charge on any atom is -0.462 e. The molecule has 0 spiro atoms. The Balaban J connectivity index is -0.000000401. The number of hydrogen-bond acceptors (Lipinski definition) is 8. The van der Waals surface area contributed by atoms with E-state index < -0.39 is 0 Å². The molecule has 29 heavy (non-hydrogen) atoms.